The normalized spacial score (nSPS) is 17.5. The number of hydrogen-bond donors (Lipinski definition) is 1. The predicted molar refractivity (Wildman–Crippen MR) is 89.0 cm³/mol. The molecule has 1 fully saturated rings. The molecule has 2 aliphatic rings. The summed E-state index contributed by atoms with van der Waals surface area (Å²) in [5.74, 6) is 1.30. The topological polar surface area (TPSA) is 50.8 Å². The monoisotopic (exact) mass is 318 g/mol. The molecule has 1 aromatic carbocycles. The number of carbonyl (C=O) groups excluding carboxylic acids is 1. The summed E-state index contributed by atoms with van der Waals surface area (Å²) < 4.78 is 10.6. The van der Waals surface area contributed by atoms with Gasteiger partial charge in [0.15, 0.2) is 11.5 Å². The zero-order chi connectivity index (χ0) is 16.1. The highest BCUT2D eigenvalue weighted by Crippen LogP contribution is 2.32. The van der Waals surface area contributed by atoms with Crippen molar-refractivity contribution in [1.29, 1.82) is 0 Å². The summed E-state index contributed by atoms with van der Waals surface area (Å²) in [5, 5.41) is 2.99. The van der Waals surface area contributed by atoms with E-state index in [0.717, 1.165) is 19.0 Å². The Labute approximate surface area is 137 Å². The maximum absolute atomic E-state index is 12.2. The number of rotatable bonds is 6. The highest BCUT2D eigenvalue weighted by Gasteiger charge is 2.18. The highest BCUT2D eigenvalue weighted by molar-refractivity contribution is 5.94. The van der Waals surface area contributed by atoms with Crippen LogP contribution in [0.25, 0.3) is 0 Å². The van der Waals surface area contributed by atoms with Crippen LogP contribution in [-0.4, -0.2) is 43.8 Å². The highest BCUT2D eigenvalue weighted by atomic mass is 16.7. The molecule has 1 heterocycles. The van der Waals surface area contributed by atoms with Gasteiger partial charge in [0, 0.05) is 18.2 Å². The first-order valence-corrected chi connectivity index (χ1v) is 8.62. The molecule has 1 amide bonds. The standard InChI is InChI=1S/C18H26N2O3/c1-20(15-6-3-2-4-7-15)11-5-10-19-18(21)14-8-9-16-17(12-14)23-13-22-16/h8-9,12,15H,2-7,10-11,13H2,1H3,(H,19,21). The van der Waals surface area contributed by atoms with Gasteiger partial charge >= 0.3 is 0 Å². The van der Waals surface area contributed by atoms with Gasteiger partial charge < -0.3 is 19.7 Å². The molecule has 1 aliphatic heterocycles. The van der Waals surface area contributed by atoms with Gasteiger partial charge in [-0.25, -0.2) is 0 Å². The summed E-state index contributed by atoms with van der Waals surface area (Å²) in [6.07, 6.45) is 7.71. The molecule has 5 heteroatoms. The van der Waals surface area contributed by atoms with Crippen LogP contribution in [0.3, 0.4) is 0 Å². The second kappa shape index (κ2) is 7.68. The van der Waals surface area contributed by atoms with E-state index in [-0.39, 0.29) is 12.7 Å². The number of nitrogens with one attached hydrogen (secondary N) is 1. The SMILES string of the molecule is CN(CCCNC(=O)c1ccc2c(c1)OCO2)C1CCCCC1. The van der Waals surface area contributed by atoms with Crippen LogP contribution in [0.1, 0.15) is 48.9 Å². The fourth-order valence-corrected chi connectivity index (χ4v) is 3.37. The van der Waals surface area contributed by atoms with Crippen LogP contribution in [0, 0.1) is 0 Å². The van der Waals surface area contributed by atoms with Crippen LogP contribution in [0.2, 0.25) is 0 Å². The van der Waals surface area contributed by atoms with Gasteiger partial charge in [0.05, 0.1) is 0 Å². The summed E-state index contributed by atoms with van der Waals surface area (Å²) in [5.41, 5.74) is 0.620. The molecule has 0 aromatic heterocycles. The number of nitrogens with zero attached hydrogens (tertiary/aromatic N) is 1. The van der Waals surface area contributed by atoms with Gasteiger partial charge in [-0.3, -0.25) is 4.79 Å². The molecule has 0 saturated heterocycles. The van der Waals surface area contributed by atoms with E-state index >= 15 is 0 Å². The van der Waals surface area contributed by atoms with Gasteiger partial charge in [0.2, 0.25) is 6.79 Å². The zero-order valence-corrected chi connectivity index (χ0v) is 13.8. The predicted octanol–water partition coefficient (Wildman–Crippen LogP) is 2.80. The van der Waals surface area contributed by atoms with Gasteiger partial charge in [-0.05, 0) is 51.1 Å². The average Bonchev–Trinajstić information content (AvgIpc) is 3.06. The van der Waals surface area contributed by atoms with Gasteiger partial charge in [0.1, 0.15) is 0 Å². The molecular weight excluding hydrogens is 292 g/mol. The van der Waals surface area contributed by atoms with Gasteiger partial charge in [-0.1, -0.05) is 19.3 Å². The number of fused-ring (bicyclic) bond motifs is 1. The smallest absolute Gasteiger partial charge is 0.251 e. The molecule has 1 N–H and O–H groups in total. The Hall–Kier alpha value is -1.75. The van der Waals surface area contributed by atoms with Crippen LogP contribution in [-0.2, 0) is 0 Å². The Morgan fingerprint density at radius 2 is 2.00 bits per heavy atom. The Balaban J connectivity index is 1.39. The Bertz CT molecular complexity index is 541. The van der Waals surface area contributed by atoms with E-state index in [1.807, 2.05) is 0 Å². The number of amides is 1. The summed E-state index contributed by atoms with van der Waals surface area (Å²) in [6, 6.07) is 6.03. The van der Waals surface area contributed by atoms with Crippen molar-refractivity contribution >= 4 is 5.91 Å². The Kier molecular flexibility index (Phi) is 5.39. The minimum Gasteiger partial charge on any atom is -0.454 e. The number of benzene rings is 1. The van der Waals surface area contributed by atoms with Crippen LogP contribution < -0.4 is 14.8 Å². The lowest BCUT2D eigenvalue weighted by molar-refractivity contribution is 0.0950. The van der Waals surface area contributed by atoms with Crippen molar-refractivity contribution in [2.45, 2.75) is 44.6 Å². The molecule has 1 aliphatic carbocycles. The van der Waals surface area contributed by atoms with E-state index in [0.29, 0.717) is 23.6 Å². The van der Waals surface area contributed by atoms with Crippen molar-refractivity contribution in [2.75, 3.05) is 26.9 Å². The van der Waals surface area contributed by atoms with Gasteiger partial charge in [-0.2, -0.15) is 0 Å². The van der Waals surface area contributed by atoms with Crippen molar-refractivity contribution in [3.05, 3.63) is 23.8 Å². The molecule has 0 radical (unpaired) electrons. The molecule has 0 unspecified atom stereocenters. The number of ether oxygens (including phenoxy) is 2. The van der Waals surface area contributed by atoms with E-state index in [1.54, 1.807) is 18.2 Å². The van der Waals surface area contributed by atoms with E-state index < -0.39 is 0 Å². The van der Waals surface area contributed by atoms with E-state index in [2.05, 4.69) is 17.3 Å². The molecule has 1 aromatic rings. The molecular formula is C18H26N2O3. The first-order valence-electron chi connectivity index (χ1n) is 8.62. The largest absolute Gasteiger partial charge is 0.454 e. The lowest BCUT2D eigenvalue weighted by Crippen LogP contribution is -2.35. The minimum absolute atomic E-state index is 0.0522. The molecule has 5 nitrogen and oxygen atoms in total. The van der Waals surface area contributed by atoms with Crippen molar-refractivity contribution < 1.29 is 14.3 Å². The lowest BCUT2D eigenvalue weighted by atomic mass is 9.94. The maximum Gasteiger partial charge on any atom is 0.251 e. The molecule has 0 spiro atoms. The van der Waals surface area contributed by atoms with E-state index in [1.165, 1.54) is 32.1 Å². The fourth-order valence-electron chi connectivity index (χ4n) is 3.37. The summed E-state index contributed by atoms with van der Waals surface area (Å²) in [4.78, 5) is 14.6. The first-order chi connectivity index (χ1) is 11.2. The van der Waals surface area contributed by atoms with Crippen LogP contribution in [0.15, 0.2) is 18.2 Å². The quantitative estimate of drug-likeness (QED) is 0.820. The molecule has 0 atom stereocenters. The lowest BCUT2D eigenvalue weighted by Gasteiger charge is -2.31. The third-order valence-electron chi connectivity index (χ3n) is 4.81. The van der Waals surface area contributed by atoms with Crippen molar-refractivity contribution in [3.8, 4) is 11.5 Å². The average molecular weight is 318 g/mol. The van der Waals surface area contributed by atoms with Crippen molar-refractivity contribution in [3.63, 3.8) is 0 Å². The molecule has 126 valence electrons. The molecule has 1 saturated carbocycles. The Morgan fingerprint density at radius 3 is 2.83 bits per heavy atom. The molecule has 3 rings (SSSR count). The van der Waals surface area contributed by atoms with Crippen LogP contribution in [0.5, 0.6) is 11.5 Å². The Morgan fingerprint density at radius 1 is 1.22 bits per heavy atom. The molecule has 23 heavy (non-hydrogen) atoms. The number of carbonyl (C=O) groups is 1. The van der Waals surface area contributed by atoms with Crippen LogP contribution in [0.4, 0.5) is 0 Å². The van der Waals surface area contributed by atoms with Crippen molar-refractivity contribution in [2.24, 2.45) is 0 Å². The second-order valence-electron chi connectivity index (χ2n) is 6.45. The van der Waals surface area contributed by atoms with E-state index in [4.69, 9.17) is 9.47 Å². The van der Waals surface area contributed by atoms with Gasteiger partial charge in [0.25, 0.3) is 5.91 Å². The number of hydrogen-bond acceptors (Lipinski definition) is 4. The second-order valence-corrected chi connectivity index (χ2v) is 6.45. The maximum atomic E-state index is 12.2. The summed E-state index contributed by atoms with van der Waals surface area (Å²) in [6.45, 7) is 1.96. The third kappa shape index (κ3) is 4.16. The summed E-state index contributed by atoms with van der Waals surface area (Å²) >= 11 is 0. The summed E-state index contributed by atoms with van der Waals surface area (Å²) in [7, 11) is 2.20. The first kappa shape index (κ1) is 16.1. The van der Waals surface area contributed by atoms with Crippen LogP contribution >= 0.6 is 0 Å². The van der Waals surface area contributed by atoms with Crippen molar-refractivity contribution in [1.82, 2.24) is 10.2 Å². The van der Waals surface area contributed by atoms with E-state index in [9.17, 15) is 4.79 Å². The zero-order valence-electron chi connectivity index (χ0n) is 13.8. The minimum atomic E-state index is -0.0522. The fraction of sp³-hybridized carbons (Fsp3) is 0.611. The molecule has 0 bridgehead atoms. The van der Waals surface area contributed by atoms with Gasteiger partial charge in [-0.15, -0.1) is 0 Å². The third-order valence-corrected chi connectivity index (χ3v) is 4.81.